The highest BCUT2D eigenvalue weighted by molar-refractivity contribution is 6.04. The van der Waals surface area contributed by atoms with E-state index in [4.69, 9.17) is 10.5 Å². The third-order valence-corrected chi connectivity index (χ3v) is 3.99. The number of carbonyl (C=O) groups is 2. The summed E-state index contributed by atoms with van der Waals surface area (Å²) in [6.07, 6.45) is 1.03. The van der Waals surface area contributed by atoms with Crippen molar-refractivity contribution in [2.45, 2.75) is 31.9 Å². The summed E-state index contributed by atoms with van der Waals surface area (Å²) in [6.45, 7) is 2.98. The van der Waals surface area contributed by atoms with Crippen LogP contribution >= 0.6 is 12.4 Å². The Labute approximate surface area is 135 Å². The molecule has 2 aliphatic heterocycles. The molecule has 0 radical (unpaired) electrons. The first-order valence-corrected chi connectivity index (χ1v) is 7.21. The van der Waals surface area contributed by atoms with Crippen molar-refractivity contribution in [2.75, 3.05) is 18.4 Å². The Morgan fingerprint density at radius 3 is 2.73 bits per heavy atom. The van der Waals surface area contributed by atoms with Crippen molar-refractivity contribution in [3.63, 3.8) is 0 Å². The molecule has 1 atom stereocenters. The van der Waals surface area contributed by atoms with E-state index in [0.717, 1.165) is 12.8 Å². The lowest BCUT2D eigenvalue weighted by atomic mass is 10.0. The van der Waals surface area contributed by atoms with Crippen LogP contribution in [0.15, 0.2) is 18.2 Å². The van der Waals surface area contributed by atoms with Gasteiger partial charge in [-0.15, -0.1) is 12.4 Å². The molecule has 6 nitrogen and oxygen atoms in total. The van der Waals surface area contributed by atoms with Gasteiger partial charge in [-0.05, 0) is 31.9 Å². The minimum Gasteiger partial charge on any atom is -0.478 e. The first kappa shape index (κ1) is 16.6. The Bertz CT molecular complexity index is 585. The molecular formula is C15H20ClN3O3. The van der Waals surface area contributed by atoms with Gasteiger partial charge in [-0.1, -0.05) is 6.07 Å². The van der Waals surface area contributed by atoms with E-state index in [-0.39, 0.29) is 30.3 Å². The summed E-state index contributed by atoms with van der Waals surface area (Å²) >= 11 is 0. The normalized spacial score (nSPS) is 21.3. The third kappa shape index (κ3) is 3.03. The van der Waals surface area contributed by atoms with E-state index in [1.807, 2.05) is 0 Å². The summed E-state index contributed by atoms with van der Waals surface area (Å²) in [5.74, 6) is 0.197. The van der Waals surface area contributed by atoms with Crippen LogP contribution in [0.5, 0.6) is 5.75 Å². The summed E-state index contributed by atoms with van der Waals surface area (Å²) in [5.41, 5.74) is 6.92. The van der Waals surface area contributed by atoms with E-state index < -0.39 is 6.10 Å². The number of hydrogen-bond donors (Lipinski definition) is 2. The van der Waals surface area contributed by atoms with E-state index in [0.29, 0.717) is 30.1 Å². The van der Waals surface area contributed by atoms with Crippen molar-refractivity contribution in [1.82, 2.24) is 4.90 Å². The third-order valence-electron chi connectivity index (χ3n) is 3.99. The Hall–Kier alpha value is -1.79. The maximum atomic E-state index is 12.7. The summed E-state index contributed by atoms with van der Waals surface area (Å²) in [6, 6.07) is 5.40. The molecule has 0 aromatic heterocycles. The van der Waals surface area contributed by atoms with Crippen LogP contribution in [0.25, 0.3) is 0 Å². The molecule has 120 valence electrons. The Kier molecular flexibility index (Phi) is 4.93. The predicted octanol–water partition coefficient (Wildman–Crippen LogP) is 1.39. The zero-order valence-corrected chi connectivity index (χ0v) is 13.2. The summed E-state index contributed by atoms with van der Waals surface area (Å²) < 4.78 is 5.62. The molecule has 1 aromatic carbocycles. The van der Waals surface area contributed by atoms with E-state index in [2.05, 4.69) is 5.32 Å². The molecule has 1 saturated heterocycles. The van der Waals surface area contributed by atoms with E-state index in [1.54, 1.807) is 30.0 Å². The molecular weight excluding hydrogens is 306 g/mol. The molecule has 1 unspecified atom stereocenters. The van der Waals surface area contributed by atoms with Gasteiger partial charge in [0.05, 0.1) is 11.3 Å². The zero-order chi connectivity index (χ0) is 15.0. The Morgan fingerprint density at radius 2 is 2.05 bits per heavy atom. The quantitative estimate of drug-likeness (QED) is 0.817. The number of halogens is 1. The zero-order valence-electron chi connectivity index (χ0n) is 12.4. The van der Waals surface area contributed by atoms with Crippen LogP contribution in [0.3, 0.4) is 0 Å². The van der Waals surface area contributed by atoms with Gasteiger partial charge in [-0.2, -0.15) is 0 Å². The van der Waals surface area contributed by atoms with Crippen LogP contribution in [0.2, 0.25) is 0 Å². The molecule has 0 bridgehead atoms. The summed E-state index contributed by atoms with van der Waals surface area (Å²) in [7, 11) is 0. The number of ether oxygens (including phenoxy) is 1. The van der Waals surface area contributed by atoms with Gasteiger partial charge in [0, 0.05) is 19.1 Å². The molecule has 3 rings (SSSR count). The van der Waals surface area contributed by atoms with Crippen LogP contribution in [0.4, 0.5) is 5.69 Å². The number of nitrogens with one attached hydrogen (secondary N) is 1. The number of nitrogens with zero attached hydrogens (tertiary/aromatic N) is 1. The van der Waals surface area contributed by atoms with Crippen molar-refractivity contribution < 1.29 is 14.3 Å². The number of anilines is 1. The maximum absolute atomic E-state index is 12.7. The standard InChI is InChI=1S/C15H19N3O3.ClH/c1-9-14(19)17-12-4-2-3-11(13(12)21-9)15(20)18-7-5-10(16)6-8-18;/h2-4,9-10H,5-8,16H2,1H3,(H,17,19);1H. The fourth-order valence-electron chi connectivity index (χ4n) is 2.67. The SMILES string of the molecule is CC1Oc2c(cccc2C(=O)N2CCC(N)CC2)NC1=O.Cl. The van der Waals surface area contributed by atoms with Crippen LogP contribution in [0, 0.1) is 0 Å². The number of likely N-dealkylation sites (tertiary alicyclic amines) is 1. The van der Waals surface area contributed by atoms with Crippen LogP contribution < -0.4 is 15.8 Å². The minimum atomic E-state index is -0.596. The van der Waals surface area contributed by atoms with Gasteiger partial charge in [0.25, 0.3) is 11.8 Å². The number of benzene rings is 1. The maximum Gasteiger partial charge on any atom is 0.265 e. The molecule has 22 heavy (non-hydrogen) atoms. The minimum absolute atomic E-state index is 0. The number of fused-ring (bicyclic) bond motifs is 1. The Balaban J connectivity index is 0.00000176. The molecule has 2 amide bonds. The highest BCUT2D eigenvalue weighted by Gasteiger charge is 2.30. The van der Waals surface area contributed by atoms with E-state index in [9.17, 15) is 9.59 Å². The van der Waals surface area contributed by atoms with Crippen molar-refractivity contribution >= 4 is 29.9 Å². The lowest BCUT2D eigenvalue weighted by Crippen LogP contribution is -2.43. The monoisotopic (exact) mass is 325 g/mol. The van der Waals surface area contributed by atoms with Crippen LogP contribution in [-0.2, 0) is 4.79 Å². The van der Waals surface area contributed by atoms with Gasteiger partial charge < -0.3 is 20.7 Å². The second-order valence-electron chi connectivity index (χ2n) is 5.56. The number of piperidine rings is 1. The van der Waals surface area contributed by atoms with Crippen molar-refractivity contribution in [1.29, 1.82) is 0 Å². The number of carbonyl (C=O) groups excluding carboxylic acids is 2. The molecule has 3 N–H and O–H groups in total. The molecule has 2 aliphatic rings. The number of nitrogens with two attached hydrogens (primary N) is 1. The van der Waals surface area contributed by atoms with E-state index in [1.165, 1.54) is 0 Å². The molecule has 2 heterocycles. The molecule has 7 heteroatoms. The predicted molar refractivity (Wildman–Crippen MR) is 85.5 cm³/mol. The average Bonchev–Trinajstić information content (AvgIpc) is 2.48. The van der Waals surface area contributed by atoms with Gasteiger partial charge in [-0.25, -0.2) is 0 Å². The molecule has 1 fully saturated rings. The van der Waals surface area contributed by atoms with Crippen molar-refractivity contribution in [3.05, 3.63) is 23.8 Å². The first-order chi connectivity index (χ1) is 10.1. The van der Waals surface area contributed by atoms with Crippen molar-refractivity contribution in [2.24, 2.45) is 5.73 Å². The lowest BCUT2D eigenvalue weighted by Gasteiger charge is -2.32. The average molecular weight is 326 g/mol. The van der Waals surface area contributed by atoms with Gasteiger partial charge >= 0.3 is 0 Å². The fourth-order valence-corrected chi connectivity index (χ4v) is 2.67. The van der Waals surface area contributed by atoms with Gasteiger partial charge in [0.15, 0.2) is 11.9 Å². The number of para-hydroxylation sites is 1. The summed E-state index contributed by atoms with van der Waals surface area (Å²) in [4.78, 5) is 26.1. The van der Waals surface area contributed by atoms with Crippen molar-refractivity contribution in [3.8, 4) is 5.75 Å². The second-order valence-corrected chi connectivity index (χ2v) is 5.56. The van der Waals surface area contributed by atoms with Gasteiger partial charge in [0.2, 0.25) is 0 Å². The van der Waals surface area contributed by atoms with Crippen LogP contribution in [-0.4, -0.2) is 41.9 Å². The fraction of sp³-hybridized carbons (Fsp3) is 0.467. The molecule has 0 spiro atoms. The van der Waals surface area contributed by atoms with E-state index >= 15 is 0 Å². The smallest absolute Gasteiger partial charge is 0.265 e. The largest absolute Gasteiger partial charge is 0.478 e. The Morgan fingerprint density at radius 1 is 1.36 bits per heavy atom. The molecule has 0 saturated carbocycles. The van der Waals surface area contributed by atoms with Crippen LogP contribution in [0.1, 0.15) is 30.1 Å². The van der Waals surface area contributed by atoms with Gasteiger partial charge in [-0.3, -0.25) is 9.59 Å². The highest BCUT2D eigenvalue weighted by atomic mass is 35.5. The molecule has 1 aromatic rings. The topological polar surface area (TPSA) is 84.7 Å². The number of rotatable bonds is 1. The summed E-state index contributed by atoms with van der Waals surface area (Å²) in [5, 5.41) is 2.76. The first-order valence-electron chi connectivity index (χ1n) is 7.21. The molecule has 0 aliphatic carbocycles. The lowest BCUT2D eigenvalue weighted by molar-refractivity contribution is -0.122. The number of amides is 2. The number of hydrogen-bond acceptors (Lipinski definition) is 4. The highest BCUT2D eigenvalue weighted by Crippen LogP contribution is 2.34. The van der Waals surface area contributed by atoms with Gasteiger partial charge in [0.1, 0.15) is 0 Å². The second kappa shape index (κ2) is 6.54.